The van der Waals surface area contributed by atoms with E-state index in [1.54, 1.807) is 13.1 Å². The van der Waals surface area contributed by atoms with Crippen molar-refractivity contribution in [3.63, 3.8) is 0 Å². The second-order valence-electron chi connectivity index (χ2n) is 5.81. The van der Waals surface area contributed by atoms with E-state index in [-0.39, 0.29) is 15.6 Å². The zero-order valence-corrected chi connectivity index (χ0v) is 14.9. The Balaban J connectivity index is 2.10. The summed E-state index contributed by atoms with van der Waals surface area (Å²) in [6.07, 6.45) is 5.14. The van der Waals surface area contributed by atoms with Crippen molar-refractivity contribution in [2.75, 3.05) is 7.05 Å². The smallest absolute Gasteiger partial charge is 0.245 e. The first-order chi connectivity index (χ1) is 9.92. The van der Waals surface area contributed by atoms with Crippen LogP contribution in [-0.4, -0.2) is 21.5 Å². The van der Waals surface area contributed by atoms with E-state index in [1.165, 1.54) is 6.42 Å². The van der Waals surface area contributed by atoms with Gasteiger partial charge in [-0.25, -0.2) is 13.1 Å². The molecule has 2 atom stereocenters. The van der Waals surface area contributed by atoms with Crippen LogP contribution in [0.3, 0.4) is 0 Å². The Morgan fingerprint density at radius 2 is 2.10 bits per heavy atom. The molecule has 120 valence electrons. The van der Waals surface area contributed by atoms with Crippen LogP contribution in [0.2, 0.25) is 0 Å². The van der Waals surface area contributed by atoms with Crippen molar-refractivity contribution in [1.29, 1.82) is 0 Å². The predicted molar refractivity (Wildman–Crippen MR) is 85.5 cm³/mol. The molecule has 21 heavy (non-hydrogen) atoms. The lowest BCUT2D eigenvalue weighted by Crippen LogP contribution is -2.34. The van der Waals surface area contributed by atoms with Crippen LogP contribution in [0.5, 0.6) is 0 Å². The average molecular weight is 379 g/mol. The maximum absolute atomic E-state index is 12.5. The standard InChI is InChI=1S/C14H23BrN2O3S/c1-10-4-3-5-11(7-6-10)17-21(18,19)13-8-12(9-16-2)20-14(13)15/h8,10-11,16-17H,3-7,9H2,1-2H3. The maximum Gasteiger partial charge on any atom is 0.245 e. The third-order valence-electron chi connectivity index (χ3n) is 3.93. The fraction of sp³-hybridized carbons (Fsp3) is 0.714. The van der Waals surface area contributed by atoms with Crippen LogP contribution in [-0.2, 0) is 16.6 Å². The van der Waals surface area contributed by atoms with Gasteiger partial charge in [-0.2, -0.15) is 0 Å². The van der Waals surface area contributed by atoms with Gasteiger partial charge in [-0.3, -0.25) is 0 Å². The zero-order valence-electron chi connectivity index (χ0n) is 12.5. The predicted octanol–water partition coefficient (Wildman–Crippen LogP) is 3.01. The minimum Gasteiger partial charge on any atom is -0.452 e. The van der Waals surface area contributed by atoms with Crippen LogP contribution < -0.4 is 10.0 Å². The van der Waals surface area contributed by atoms with Crippen LogP contribution in [0.4, 0.5) is 0 Å². The van der Waals surface area contributed by atoms with Crippen molar-refractivity contribution in [3.8, 4) is 0 Å². The van der Waals surface area contributed by atoms with Crippen LogP contribution in [0.15, 0.2) is 20.0 Å². The van der Waals surface area contributed by atoms with E-state index in [2.05, 4.69) is 32.9 Å². The molecule has 1 aromatic heterocycles. The summed E-state index contributed by atoms with van der Waals surface area (Å²) in [5.74, 6) is 1.28. The van der Waals surface area contributed by atoms with E-state index in [1.807, 2.05) is 0 Å². The quantitative estimate of drug-likeness (QED) is 0.772. The van der Waals surface area contributed by atoms with Crippen molar-refractivity contribution >= 4 is 26.0 Å². The first-order valence-electron chi connectivity index (χ1n) is 7.37. The van der Waals surface area contributed by atoms with Gasteiger partial charge in [-0.05, 0) is 48.2 Å². The molecule has 2 rings (SSSR count). The summed E-state index contributed by atoms with van der Waals surface area (Å²) < 4.78 is 33.5. The van der Waals surface area contributed by atoms with Crippen LogP contribution >= 0.6 is 15.9 Å². The summed E-state index contributed by atoms with van der Waals surface area (Å²) in [6.45, 7) is 2.72. The SMILES string of the molecule is CNCc1cc(S(=O)(=O)NC2CCCC(C)CC2)c(Br)o1. The number of nitrogens with one attached hydrogen (secondary N) is 2. The van der Waals surface area contributed by atoms with Crippen LogP contribution in [0, 0.1) is 5.92 Å². The molecule has 1 fully saturated rings. The number of furan rings is 1. The Bertz CT molecular complexity index is 571. The van der Waals surface area contributed by atoms with E-state index in [9.17, 15) is 8.42 Å². The van der Waals surface area contributed by atoms with Crippen molar-refractivity contribution in [1.82, 2.24) is 10.0 Å². The summed E-state index contributed by atoms with van der Waals surface area (Å²) >= 11 is 3.20. The molecule has 1 aromatic rings. The third-order valence-corrected chi connectivity index (χ3v) is 6.30. The number of hydrogen-bond acceptors (Lipinski definition) is 4. The molecule has 0 bridgehead atoms. The summed E-state index contributed by atoms with van der Waals surface area (Å²) in [6, 6.07) is 1.59. The molecule has 7 heteroatoms. The van der Waals surface area contributed by atoms with Gasteiger partial charge in [0.25, 0.3) is 0 Å². The zero-order chi connectivity index (χ0) is 15.5. The minimum atomic E-state index is -3.54. The van der Waals surface area contributed by atoms with Crippen LogP contribution in [0.25, 0.3) is 0 Å². The molecule has 1 heterocycles. The Morgan fingerprint density at radius 1 is 1.33 bits per heavy atom. The van der Waals surface area contributed by atoms with Gasteiger partial charge in [-0.1, -0.05) is 19.8 Å². The molecule has 1 aliphatic carbocycles. The fourth-order valence-corrected chi connectivity index (χ4v) is 5.03. The largest absolute Gasteiger partial charge is 0.452 e. The second kappa shape index (κ2) is 7.26. The van der Waals surface area contributed by atoms with E-state index in [0.29, 0.717) is 18.2 Å². The number of sulfonamides is 1. The topological polar surface area (TPSA) is 71.3 Å². The molecular weight excluding hydrogens is 356 g/mol. The van der Waals surface area contributed by atoms with E-state index in [4.69, 9.17) is 4.42 Å². The molecule has 2 unspecified atom stereocenters. The highest BCUT2D eigenvalue weighted by Gasteiger charge is 2.26. The van der Waals surface area contributed by atoms with E-state index >= 15 is 0 Å². The number of rotatable bonds is 5. The molecule has 5 nitrogen and oxygen atoms in total. The van der Waals surface area contributed by atoms with Gasteiger partial charge in [-0.15, -0.1) is 0 Å². The summed E-state index contributed by atoms with van der Waals surface area (Å²) in [5, 5.41) is 2.94. The van der Waals surface area contributed by atoms with Gasteiger partial charge in [0.15, 0.2) is 4.67 Å². The first kappa shape index (κ1) is 17.0. The molecule has 2 N–H and O–H groups in total. The second-order valence-corrected chi connectivity index (χ2v) is 8.22. The van der Waals surface area contributed by atoms with Crippen molar-refractivity contribution in [3.05, 3.63) is 16.5 Å². The molecule has 0 amide bonds. The number of hydrogen-bond donors (Lipinski definition) is 2. The molecule has 0 saturated heterocycles. The van der Waals surface area contributed by atoms with E-state index < -0.39 is 10.0 Å². The maximum atomic E-state index is 12.5. The monoisotopic (exact) mass is 378 g/mol. The summed E-state index contributed by atoms with van der Waals surface area (Å²) in [7, 11) is -1.75. The number of halogens is 1. The van der Waals surface area contributed by atoms with Crippen molar-refractivity contribution in [2.24, 2.45) is 5.92 Å². The first-order valence-corrected chi connectivity index (χ1v) is 9.65. The molecular formula is C14H23BrN2O3S. The molecule has 0 spiro atoms. The lowest BCUT2D eigenvalue weighted by molar-refractivity contribution is 0.467. The molecule has 1 aliphatic rings. The highest BCUT2D eigenvalue weighted by atomic mass is 79.9. The van der Waals surface area contributed by atoms with Crippen LogP contribution in [0.1, 0.15) is 44.8 Å². The molecule has 0 aliphatic heterocycles. The normalized spacial score (nSPS) is 24.0. The minimum absolute atomic E-state index is 0.0227. The van der Waals surface area contributed by atoms with Gasteiger partial charge in [0.2, 0.25) is 10.0 Å². The lowest BCUT2D eigenvalue weighted by atomic mass is 10.0. The van der Waals surface area contributed by atoms with Crippen molar-refractivity contribution in [2.45, 2.75) is 56.5 Å². The molecule has 0 radical (unpaired) electrons. The summed E-state index contributed by atoms with van der Waals surface area (Å²) in [4.78, 5) is 0.185. The highest BCUT2D eigenvalue weighted by molar-refractivity contribution is 9.10. The Hall–Kier alpha value is -0.370. The van der Waals surface area contributed by atoms with Gasteiger partial charge in [0.05, 0.1) is 6.54 Å². The fourth-order valence-electron chi connectivity index (χ4n) is 2.73. The Labute approximate surface area is 135 Å². The van der Waals surface area contributed by atoms with Gasteiger partial charge >= 0.3 is 0 Å². The summed E-state index contributed by atoms with van der Waals surface area (Å²) in [5.41, 5.74) is 0. The van der Waals surface area contributed by atoms with Crippen molar-refractivity contribution < 1.29 is 12.8 Å². The highest BCUT2D eigenvalue weighted by Crippen LogP contribution is 2.28. The Morgan fingerprint density at radius 3 is 2.81 bits per heavy atom. The molecule has 0 aromatic carbocycles. The molecule has 1 saturated carbocycles. The Kier molecular flexibility index (Phi) is 5.88. The van der Waals surface area contributed by atoms with Gasteiger partial charge < -0.3 is 9.73 Å². The van der Waals surface area contributed by atoms with E-state index in [0.717, 1.165) is 25.7 Å². The lowest BCUT2D eigenvalue weighted by Gasteiger charge is -2.15. The van der Waals surface area contributed by atoms with Gasteiger partial charge in [0.1, 0.15) is 10.7 Å². The average Bonchev–Trinajstić information content (AvgIpc) is 2.66. The van der Waals surface area contributed by atoms with Gasteiger partial charge in [0, 0.05) is 12.1 Å². The third kappa shape index (κ3) is 4.55.